The van der Waals surface area contributed by atoms with Gasteiger partial charge in [-0.05, 0) is 31.2 Å². The second-order valence-corrected chi connectivity index (χ2v) is 4.10. The number of hydrogen-bond donors (Lipinski definition) is 2. The number of amides is 1. The minimum Gasteiger partial charge on any atom is -0.350 e. The third kappa shape index (κ3) is 2.70. The summed E-state index contributed by atoms with van der Waals surface area (Å²) in [5.74, 6) is -0.0637. The average molecular weight is 225 g/mol. The fraction of sp³-hybridized carbons (Fsp3) is 0.364. The maximum Gasteiger partial charge on any atom is 0.251 e. The lowest BCUT2D eigenvalue weighted by atomic mass is 10.1. The van der Waals surface area contributed by atoms with Gasteiger partial charge in [0.25, 0.3) is 5.91 Å². The highest BCUT2D eigenvalue weighted by molar-refractivity contribution is 6.30. The average Bonchev–Trinajstić information content (AvgIpc) is 2.15. The fourth-order valence-corrected chi connectivity index (χ4v) is 1.66. The van der Waals surface area contributed by atoms with Gasteiger partial charge in [0, 0.05) is 23.2 Å². The summed E-state index contributed by atoms with van der Waals surface area (Å²) in [7, 11) is 0. The standard InChI is InChI=1S/C11H13ClN2O/c12-9-3-1-2-8(6-9)11(15)14-7-10-4-5-13-10/h1-3,6,10,13H,4-5,7H2,(H,14,15). The van der Waals surface area contributed by atoms with Gasteiger partial charge in [-0.1, -0.05) is 17.7 Å². The van der Waals surface area contributed by atoms with Gasteiger partial charge in [0.2, 0.25) is 0 Å². The van der Waals surface area contributed by atoms with Crippen molar-refractivity contribution in [3.8, 4) is 0 Å². The number of nitrogens with one attached hydrogen (secondary N) is 2. The highest BCUT2D eigenvalue weighted by Gasteiger charge is 2.17. The van der Waals surface area contributed by atoms with Crippen molar-refractivity contribution in [2.75, 3.05) is 13.1 Å². The van der Waals surface area contributed by atoms with Crippen molar-refractivity contribution in [3.05, 3.63) is 34.9 Å². The number of halogens is 1. The van der Waals surface area contributed by atoms with Crippen LogP contribution in [-0.2, 0) is 0 Å². The van der Waals surface area contributed by atoms with Gasteiger partial charge in [-0.3, -0.25) is 4.79 Å². The minimum atomic E-state index is -0.0637. The van der Waals surface area contributed by atoms with Crippen molar-refractivity contribution < 1.29 is 4.79 Å². The molecule has 1 aliphatic heterocycles. The molecule has 1 heterocycles. The molecule has 0 aliphatic carbocycles. The number of hydrogen-bond acceptors (Lipinski definition) is 2. The van der Waals surface area contributed by atoms with E-state index in [2.05, 4.69) is 10.6 Å². The predicted octanol–water partition coefficient (Wildman–Crippen LogP) is 1.43. The Balaban J connectivity index is 1.89. The molecule has 15 heavy (non-hydrogen) atoms. The van der Waals surface area contributed by atoms with E-state index in [0.717, 1.165) is 13.0 Å². The van der Waals surface area contributed by atoms with Crippen LogP contribution in [0.5, 0.6) is 0 Å². The van der Waals surface area contributed by atoms with E-state index >= 15 is 0 Å². The summed E-state index contributed by atoms with van der Waals surface area (Å²) >= 11 is 5.80. The molecular formula is C11H13ClN2O. The molecule has 4 heteroatoms. The summed E-state index contributed by atoms with van der Waals surface area (Å²) in [6, 6.07) is 7.40. The summed E-state index contributed by atoms with van der Waals surface area (Å²) in [6.45, 7) is 1.74. The molecule has 1 aromatic rings. The van der Waals surface area contributed by atoms with Gasteiger partial charge in [0.1, 0.15) is 0 Å². The lowest BCUT2D eigenvalue weighted by Gasteiger charge is -2.27. The van der Waals surface area contributed by atoms with Crippen LogP contribution >= 0.6 is 11.6 Å². The van der Waals surface area contributed by atoms with Gasteiger partial charge < -0.3 is 10.6 Å². The maximum atomic E-state index is 11.6. The van der Waals surface area contributed by atoms with E-state index in [0.29, 0.717) is 23.2 Å². The van der Waals surface area contributed by atoms with Crippen molar-refractivity contribution >= 4 is 17.5 Å². The molecule has 1 unspecified atom stereocenters. The summed E-state index contributed by atoms with van der Waals surface area (Å²) in [4.78, 5) is 11.6. The van der Waals surface area contributed by atoms with E-state index in [9.17, 15) is 4.79 Å². The second kappa shape index (κ2) is 4.64. The van der Waals surface area contributed by atoms with E-state index in [-0.39, 0.29) is 5.91 Å². The molecule has 1 atom stereocenters. The summed E-state index contributed by atoms with van der Waals surface area (Å²) in [6.07, 6.45) is 1.13. The van der Waals surface area contributed by atoms with Gasteiger partial charge in [-0.25, -0.2) is 0 Å². The molecule has 0 radical (unpaired) electrons. The molecule has 1 aromatic carbocycles. The topological polar surface area (TPSA) is 41.1 Å². The lowest BCUT2D eigenvalue weighted by molar-refractivity contribution is 0.0945. The van der Waals surface area contributed by atoms with Crippen LogP contribution < -0.4 is 10.6 Å². The molecule has 3 nitrogen and oxygen atoms in total. The van der Waals surface area contributed by atoms with E-state index in [1.54, 1.807) is 24.3 Å². The first-order chi connectivity index (χ1) is 7.25. The first kappa shape index (κ1) is 10.5. The number of rotatable bonds is 3. The highest BCUT2D eigenvalue weighted by atomic mass is 35.5. The van der Waals surface area contributed by atoms with Crippen LogP contribution in [0.25, 0.3) is 0 Å². The smallest absolute Gasteiger partial charge is 0.251 e. The molecule has 1 fully saturated rings. The Morgan fingerprint density at radius 3 is 3.00 bits per heavy atom. The number of benzene rings is 1. The van der Waals surface area contributed by atoms with Gasteiger partial charge in [0.15, 0.2) is 0 Å². The first-order valence-electron chi connectivity index (χ1n) is 5.03. The van der Waals surface area contributed by atoms with Gasteiger partial charge in [0.05, 0.1) is 0 Å². The second-order valence-electron chi connectivity index (χ2n) is 3.66. The maximum absolute atomic E-state index is 11.6. The predicted molar refractivity (Wildman–Crippen MR) is 60.2 cm³/mol. The van der Waals surface area contributed by atoms with Crippen LogP contribution in [0.1, 0.15) is 16.8 Å². The molecule has 1 saturated heterocycles. The van der Waals surface area contributed by atoms with Crippen molar-refractivity contribution in [2.24, 2.45) is 0 Å². The first-order valence-corrected chi connectivity index (χ1v) is 5.40. The molecule has 1 aliphatic rings. The summed E-state index contributed by atoms with van der Waals surface area (Å²) in [5.41, 5.74) is 0.613. The van der Waals surface area contributed by atoms with Crippen molar-refractivity contribution in [2.45, 2.75) is 12.5 Å². The molecule has 1 amide bonds. The number of carbonyl (C=O) groups excluding carboxylic acids is 1. The SMILES string of the molecule is O=C(NCC1CCN1)c1cccc(Cl)c1. The monoisotopic (exact) mass is 224 g/mol. The van der Waals surface area contributed by atoms with Crippen LogP contribution in [0.4, 0.5) is 0 Å². The largest absolute Gasteiger partial charge is 0.350 e. The van der Waals surface area contributed by atoms with Crippen LogP contribution in [0.15, 0.2) is 24.3 Å². The Bertz CT molecular complexity index is 363. The van der Waals surface area contributed by atoms with Gasteiger partial charge in [-0.2, -0.15) is 0 Å². The van der Waals surface area contributed by atoms with E-state index in [1.165, 1.54) is 0 Å². The molecule has 0 saturated carbocycles. The van der Waals surface area contributed by atoms with Crippen molar-refractivity contribution in [3.63, 3.8) is 0 Å². The van der Waals surface area contributed by atoms with Crippen LogP contribution in [0.3, 0.4) is 0 Å². The quantitative estimate of drug-likeness (QED) is 0.816. The molecule has 0 spiro atoms. The third-order valence-corrected chi connectivity index (χ3v) is 2.76. The molecule has 2 rings (SSSR count). The zero-order valence-corrected chi connectivity index (χ0v) is 9.05. The van der Waals surface area contributed by atoms with Gasteiger partial charge in [-0.15, -0.1) is 0 Å². The highest BCUT2D eigenvalue weighted by Crippen LogP contribution is 2.10. The zero-order valence-electron chi connectivity index (χ0n) is 8.29. The zero-order chi connectivity index (χ0) is 10.7. The molecule has 2 N–H and O–H groups in total. The van der Waals surface area contributed by atoms with E-state index in [4.69, 9.17) is 11.6 Å². The summed E-state index contributed by atoms with van der Waals surface area (Å²) < 4.78 is 0. The lowest BCUT2D eigenvalue weighted by Crippen LogP contribution is -2.50. The number of carbonyl (C=O) groups is 1. The van der Waals surface area contributed by atoms with Gasteiger partial charge >= 0.3 is 0 Å². The van der Waals surface area contributed by atoms with Crippen molar-refractivity contribution in [1.29, 1.82) is 0 Å². The molecule has 0 aromatic heterocycles. The van der Waals surface area contributed by atoms with Crippen LogP contribution in [0.2, 0.25) is 5.02 Å². The summed E-state index contributed by atoms with van der Waals surface area (Å²) in [5, 5.41) is 6.68. The minimum absolute atomic E-state index is 0.0637. The van der Waals surface area contributed by atoms with Crippen LogP contribution in [-0.4, -0.2) is 25.0 Å². The van der Waals surface area contributed by atoms with E-state index in [1.807, 2.05) is 0 Å². The molecule has 80 valence electrons. The Morgan fingerprint density at radius 1 is 1.60 bits per heavy atom. The third-order valence-electron chi connectivity index (χ3n) is 2.52. The van der Waals surface area contributed by atoms with Crippen molar-refractivity contribution in [1.82, 2.24) is 10.6 Å². The Labute approximate surface area is 93.8 Å². The molecule has 0 bridgehead atoms. The molecular weight excluding hydrogens is 212 g/mol. The Kier molecular flexibility index (Phi) is 3.23. The Morgan fingerprint density at radius 2 is 2.40 bits per heavy atom. The van der Waals surface area contributed by atoms with Crippen LogP contribution in [0, 0.1) is 0 Å². The Hall–Kier alpha value is -1.06. The fourth-order valence-electron chi connectivity index (χ4n) is 1.47. The van der Waals surface area contributed by atoms with E-state index < -0.39 is 0 Å². The normalized spacial score (nSPS) is 19.4.